The van der Waals surface area contributed by atoms with Crippen molar-refractivity contribution in [3.05, 3.63) is 17.5 Å². The Kier molecular flexibility index (Phi) is 2.75. The summed E-state index contributed by atoms with van der Waals surface area (Å²) in [6.45, 7) is 3.81. The van der Waals surface area contributed by atoms with Crippen molar-refractivity contribution in [3.63, 3.8) is 0 Å². The minimum Gasteiger partial charge on any atom is -0.361 e. The van der Waals surface area contributed by atoms with Gasteiger partial charge in [0.2, 0.25) is 0 Å². The lowest BCUT2D eigenvalue weighted by Gasteiger charge is -2.11. The maximum atomic E-state index is 11.6. The second kappa shape index (κ2) is 4.04. The summed E-state index contributed by atoms with van der Waals surface area (Å²) >= 11 is 0. The predicted octanol–water partition coefficient (Wildman–Crippen LogP) is 1.90. The van der Waals surface area contributed by atoms with Crippen LogP contribution in [0.15, 0.2) is 10.6 Å². The van der Waals surface area contributed by atoms with Gasteiger partial charge in [0.1, 0.15) is 5.76 Å². The molecule has 1 aromatic heterocycles. The fraction of sp³-hybridized carbons (Fsp3) is 0.636. The molecule has 1 atom stereocenters. The molecule has 1 unspecified atom stereocenters. The molecule has 0 aromatic carbocycles. The van der Waals surface area contributed by atoms with Crippen LogP contribution in [0.5, 0.6) is 0 Å². The molecule has 0 radical (unpaired) electrons. The lowest BCUT2D eigenvalue weighted by Crippen LogP contribution is -2.33. The molecule has 82 valence electrons. The van der Waals surface area contributed by atoms with Gasteiger partial charge < -0.3 is 9.84 Å². The normalized spacial score (nSPS) is 17.5. The highest BCUT2D eigenvalue weighted by Gasteiger charge is 2.24. The van der Waals surface area contributed by atoms with Gasteiger partial charge in [-0.25, -0.2) is 0 Å². The molecule has 1 amide bonds. The smallest absolute Gasteiger partial charge is 0.273 e. The summed E-state index contributed by atoms with van der Waals surface area (Å²) in [5.74, 6) is 1.34. The molecule has 15 heavy (non-hydrogen) atoms. The molecule has 0 saturated heterocycles. The Bertz CT molecular complexity index is 355. The van der Waals surface area contributed by atoms with E-state index >= 15 is 0 Å². The van der Waals surface area contributed by atoms with E-state index in [0.717, 1.165) is 12.3 Å². The second-order valence-electron chi connectivity index (χ2n) is 4.38. The Morgan fingerprint density at radius 3 is 3.00 bits per heavy atom. The molecule has 2 rings (SSSR count). The molecule has 4 heteroatoms. The van der Waals surface area contributed by atoms with Crippen molar-refractivity contribution >= 4 is 5.91 Å². The van der Waals surface area contributed by atoms with Crippen LogP contribution >= 0.6 is 0 Å². The van der Waals surface area contributed by atoms with E-state index in [2.05, 4.69) is 10.5 Å². The van der Waals surface area contributed by atoms with E-state index in [1.54, 1.807) is 13.0 Å². The number of rotatable bonds is 4. The standard InChI is InChI=1S/C11H16N2O2/c1-7(5-9-3-4-9)12-11(14)10-6-8(2)15-13-10/h6-7,9H,3-5H2,1-2H3,(H,12,14). The lowest BCUT2D eigenvalue weighted by molar-refractivity contribution is 0.0928. The average Bonchev–Trinajstić information content (AvgIpc) is 2.85. The highest BCUT2D eigenvalue weighted by molar-refractivity contribution is 5.92. The van der Waals surface area contributed by atoms with E-state index in [-0.39, 0.29) is 11.9 Å². The van der Waals surface area contributed by atoms with Crippen molar-refractivity contribution in [2.45, 2.75) is 39.2 Å². The quantitative estimate of drug-likeness (QED) is 0.822. The Morgan fingerprint density at radius 1 is 1.73 bits per heavy atom. The SMILES string of the molecule is Cc1cc(C(=O)NC(C)CC2CC2)no1. The highest BCUT2D eigenvalue weighted by Crippen LogP contribution is 2.33. The van der Waals surface area contributed by atoms with Gasteiger partial charge in [0.05, 0.1) is 0 Å². The third-order valence-electron chi connectivity index (χ3n) is 2.62. The van der Waals surface area contributed by atoms with Crippen LogP contribution in [0.3, 0.4) is 0 Å². The zero-order valence-corrected chi connectivity index (χ0v) is 9.12. The third kappa shape index (κ3) is 2.81. The van der Waals surface area contributed by atoms with Gasteiger partial charge in [-0.3, -0.25) is 4.79 Å². The Morgan fingerprint density at radius 2 is 2.47 bits per heavy atom. The van der Waals surface area contributed by atoms with E-state index in [0.29, 0.717) is 11.5 Å². The number of aryl methyl sites for hydroxylation is 1. The van der Waals surface area contributed by atoms with Crippen molar-refractivity contribution in [1.29, 1.82) is 0 Å². The van der Waals surface area contributed by atoms with E-state index in [1.807, 2.05) is 6.92 Å². The number of nitrogens with zero attached hydrogens (tertiary/aromatic N) is 1. The van der Waals surface area contributed by atoms with Crippen LogP contribution in [0, 0.1) is 12.8 Å². The van der Waals surface area contributed by atoms with Gasteiger partial charge in [-0.15, -0.1) is 0 Å². The van der Waals surface area contributed by atoms with E-state index < -0.39 is 0 Å². The van der Waals surface area contributed by atoms with Gasteiger partial charge in [0.15, 0.2) is 5.69 Å². The van der Waals surface area contributed by atoms with Crippen LogP contribution in [-0.4, -0.2) is 17.1 Å². The van der Waals surface area contributed by atoms with Crippen LogP contribution in [0.4, 0.5) is 0 Å². The lowest BCUT2D eigenvalue weighted by atomic mass is 10.1. The third-order valence-corrected chi connectivity index (χ3v) is 2.62. The number of hydrogen-bond donors (Lipinski definition) is 1. The maximum Gasteiger partial charge on any atom is 0.273 e. The van der Waals surface area contributed by atoms with Crippen molar-refractivity contribution in [2.24, 2.45) is 5.92 Å². The minimum absolute atomic E-state index is 0.139. The Balaban J connectivity index is 1.85. The fourth-order valence-corrected chi connectivity index (χ4v) is 1.68. The van der Waals surface area contributed by atoms with E-state index in [4.69, 9.17) is 4.52 Å². The molecule has 4 nitrogen and oxygen atoms in total. The fourth-order valence-electron chi connectivity index (χ4n) is 1.68. The summed E-state index contributed by atoms with van der Waals surface area (Å²) in [5, 5.41) is 6.60. The van der Waals surface area contributed by atoms with Gasteiger partial charge in [0, 0.05) is 12.1 Å². The molecule has 1 aliphatic carbocycles. The van der Waals surface area contributed by atoms with Gasteiger partial charge >= 0.3 is 0 Å². The van der Waals surface area contributed by atoms with Crippen LogP contribution in [-0.2, 0) is 0 Å². The average molecular weight is 208 g/mol. The van der Waals surface area contributed by atoms with Gasteiger partial charge in [-0.1, -0.05) is 18.0 Å². The molecule has 1 heterocycles. The molecule has 1 aromatic rings. The maximum absolute atomic E-state index is 11.6. The summed E-state index contributed by atoms with van der Waals surface area (Å²) in [7, 11) is 0. The summed E-state index contributed by atoms with van der Waals surface area (Å²) in [6, 6.07) is 1.88. The monoisotopic (exact) mass is 208 g/mol. The van der Waals surface area contributed by atoms with Gasteiger partial charge in [-0.2, -0.15) is 0 Å². The number of hydrogen-bond acceptors (Lipinski definition) is 3. The zero-order chi connectivity index (χ0) is 10.8. The molecular formula is C11H16N2O2. The first-order valence-corrected chi connectivity index (χ1v) is 5.39. The molecule has 0 spiro atoms. The van der Waals surface area contributed by atoms with Crippen LogP contribution < -0.4 is 5.32 Å². The Labute approximate surface area is 89.0 Å². The van der Waals surface area contributed by atoms with Crippen molar-refractivity contribution < 1.29 is 9.32 Å². The van der Waals surface area contributed by atoms with Crippen molar-refractivity contribution in [2.75, 3.05) is 0 Å². The largest absolute Gasteiger partial charge is 0.361 e. The number of aromatic nitrogens is 1. The molecule has 1 saturated carbocycles. The van der Waals surface area contributed by atoms with Crippen LogP contribution in [0.25, 0.3) is 0 Å². The van der Waals surface area contributed by atoms with Crippen molar-refractivity contribution in [3.8, 4) is 0 Å². The molecule has 0 bridgehead atoms. The number of nitrogens with one attached hydrogen (secondary N) is 1. The molecule has 1 fully saturated rings. The number of amides is 1. The summed E-state index contributed by atoms with van der Waals surface area (Å²) in [4.78, 5) is 11.6. The topological polar surface area (TPSA) is 55.1 Å². The summed E-state index contributed by atoms with van der Waals surface area (Å²) in [6.07, 6.45) is 3.69. The van der Waals surface area contributed by atoms with Crippen molar-refractivity contribution in [1.82, 2.24) is 10.5 Å². The Hall–Kier alpha value is -1.32. The first kappa shape index (κ1) is 10.2. The minimum atomic E-state index is -0.139. The molecule has 1 N–H and O–H groups in total. The molecular weight excluding hydrogens is 192 g/mol. The zero-order valence-electron chi connectivity index (χ0n) is 9.12. The number of carbonyl (C=O) groups excluding carboxylic acids is 1. The predicted molar refractivity (Wildman–Crippen MR) is 55.5 cm³/mol. The second-order valence-corrected chi connectivity index (χ2v) is 4.38. The highest BCUT2D eigenvalue weighted by atomic mass is 16.5. The van der Waals surface area contributed by atoms with Crippen LogP contribution in [0.2, 0.25) is 0 Å². The summed E-state index contributed by atoms with van der Waals surface area (Å²) < 4.78 is 4.85. The van der Waals surface area contributed by atoms with Crippen LogP contribution in [0.1, 0.15) is 42.4 Å². The first-order chi connectivity index (χ1) is 7.15. The van der Waals surface area contributed by atoms with E-state index in [1.165, 1.54) is 12.8 Å². The van der Waals surface area contributed by atoms with E-state index in [9.17, 15) is 4.79 Å². The summed E-state index contributed by atoms with van der Waals surface area (Å²) in [5.41, 5.74) is 0.371. The van der Waals surface area contributed by atoms with Gasteiger partial charge in [-0.05, 0) is 26.2 Å². The molecule has 1 aliphatic rings. The first-order valence-electron chi connectivity index (χ1n) is 5.39. The number of carbonyl (C=O) groups is 1. The van der Waals surface area contributed by atoms with Gasteiger partial charge in [0.25, 0.3) is 5.91 Å². The molecule has 0 aliphatic heterocycles.